The highest BCUT2D eigenvalue weighted by atomic mass is 16.5. The number of hydrogen-bond donors (Lipinski definition) is 2. The van der Waals surface area contributed by atoms with Crippen molar-refractivity contribution < 1.29 is 4.74 Å². The second kappa shape index (κ2) is 5.89. The molecule has 94 valence electrons. The Balaban J connectivity index is 1.67. The second-order valence-corrected chi connectivity index (χ2v) is 4.60. The fourth-order valence-corrected chi connectivity index (χ4v) is 2.03. The van der Waals surface area contributed by atoms with Gasteiger partial charge in [-0.15, -0.1) is 0 Å². The molecule has 0 atom stereocenters. The maximum Gasteiger partial charge on any atom is 0.119 e. The van der Waals surface area contributed by atoms with E-state index in [0.717, 1.165) is 50.5 Å². The van der Waals surface area contributed by atoms with Crippen molar-refractivity contribution in [3.05, 3.63) is 24.3 Å². The van der Waals surface area contributed by atoms with Crippen LogP contribution < -0.4 is 16.2 Å². The summed E-state index contributed by atoms with van der Waals surface area (Å²) in [6.07, 6.45) is 2.20. The SMILES string of the molecule is Nc1ccc(OCCN2CCC(N)CC2)cc1. The van der Waals surface area contributed by atoms with Crippen LogP contribution in [0.2, 0.25) is 0 Å². The van der Waals surface area contributed by atoms with E-state index in [0.29, 0.717) is 6.04 Å². The molecule has 4 nitrogen and oxygen atoms in total. The van der Waals surface area contributed by atoms with Crippen LogP contribution in [0.1, 0.15) is 12.8 Å². The first-order valence-electron chi connectivity index (χ1n) is 6.20. The van der Waals surface area contributed by atoms with Crippen molar-refractivity contribution in [2.24, 2.45) is 5.73 Å². The molecule has 17 heavy (non-hydrogen) atoms. The van der Waals surface area contributed by atoms with Crippen LogP contribution in [0.25, 0.3) is 0 Å². The van der Waals surface area contributed by atoms with Gasteiger partial charge in [0.25, 0.3) is 0 Å². The monoisotopic (exact) mass is 235 g/mol. The molecular weight excluding hydrogens is 214 g/mol. The summed E-state index contributed by atoms with van der Waals surface area (Å²) in [5.74, 6) is 0.882. The molecule has 0 saturated carbocycles. The molecule has 1 aromatic carbocycles. The standard InChI is InChI=1S/C13H21N3O/c14-11-1-3-13(4-2-11)17-10-9-16-7-5-12(15)6-8-16/h1-4,12H,5-10,14-15H2. The van der Waals surface area contributed by atoms with Gasteiger partial charge in [-0.2, -0.15) is 0 Å². The van der Waals surface area contributed by atoms with Gasteiger partial charge in [-0.1, -0.05) is 0 Å². The molecule has 1 saturated heterocycles. The van der Waals surface area contributed by atoms with Crippen LogP contribution in [0, 0.1) is 0 Å². The van der Waals surface area contributed by atoms with Crippen LogP contribution >= 0.6 is 0 Å². The average molecular weight is 235 g/mol. The van der Waals surface area contributed by atoms with Gasteiger partial charge >= 0.3 is 0 Å². The molecule has 1 fully saturated rings. The molecule has 0 bridgehead atoms. The van der Waals surface area contributed by atoms with Gasteiger partial charge in [0, 0.05) is 18.3 Å². The first-order chi connectivity index (χ1) is 8.24. The molecule has 0 aliphatic carbocycles. The third-order valence-corrected chi connectivity index (χ3v) is 3.19. The maximum absolute atomic E-state index is 5.86. The molecule has 0 unspecified atom stereocenters. The topological polar surface area (TPSA) is 64.5 Å². The van der Waals surface area contributed by atoms with Gasteiger partial charge in [0.1, 0.15) is 12.4 Å². The molecule has 0 aromatic heterocycles. The normalized spacial score (nSPS) is 18.2. The van der Waals surface area contributed by atoms with Crippen molar-refractivity contribution in [3.8, 4) is 5.75 Å². The number of anilines is 1. The zero-order chi connectivity index (χ0) is 12.1. The first-order valence-corrected chi connectivity index (χ1v) is 6.20. The Labute approximate surface area is 103 Å². The lowest BCUT2D eigenvalue weighted by atomic mass is 10.1. The van der Waals surface area contributed by atoms with Crippen molar-refractivity contribution in [1.82, 2.24) is 4.90 Å². The van der Waals surface area contributed by atoms with Gasteiger partial charge in [-0.3, -0.25) is 4.90 Å². The van der Waals surface area contributed by atoms with Crippen molar-refractivity contribution in [2.45, 2.75) is 18.9 Å². The lowest BCUT2D eigenvalue weighted by Crippen LogP contribution is -2.41. The zero-order valence-corrected chi connectivity index (χ0v) is 10.1. The summed E-state index contributed by atoms with van der Waals surface area (Å²) < 4.78 is 5.66. The molecular formula is C13H21N3O. The Morgan fingerprint density at radius 3 is 2.47 bits per heavy atom. The van der Waals surface area contributed by atoms with E-state index in [1.54, 1.807) is 0 Å². The van der Waals surface area contributed by atoms with Crippen LogP contribution in [-0.4, -0.2) is 37.2 Å². The largest absolute Gasteiger partial charge is 0.492 e. The highest BCUT2D eigenvalue weighted by Crippen LogP contribution is 2.13. The molecule has 0 radical (unpaired) electrons. The van der Waals surface area contributed by atoms with E-state index in [2.05, 4.69) is 4.90 Å². The summed E-state index contributed by atoms with van der Waals surface area (Å²) in [4.78, 5) is 2.40. The molecule has 4 N–H and O–H groups in total. The van der Waals surface area contributed by atoms with Crippen molar-refractivity contribution >= 4 is 5.69 Å². The molecule has 4 heteroatoms. The average Bonchev–Trinajstić information content (AvgIpc) is 2.34. The Kier molecular flexibility index (Phi) is 4.23. The second-order valence-electron chi connectivity index (χ2n) is 4.60. The molecule has 1 aliphatic rings. The van der Waals surface area contributed by atoms with E-state index < -0.39 is 0 Å². The van der Waals surface area contributed by atoms with Crippen molar-refractivity contribution in [1.29, 1.82) is 0 Å². The lowest BCUT2D eigenvalue weighted by Gasteiger charge is -2.29. The Bertz CT molecular complexity index is 331. The fraction of sp³-hybridized carbons (Fsp3) is 0.538. The number of nitrogen functional groups attached to an aromatic ring is 1. The minimum absolute atomic E-state index is 0.393. The molecule has 1 aliphatic heterocycles. The highest BCUT2D eigenvalue weighted by molar-refractivity contribution is 5.41. The third-order valence-electron chi connectivity index (χ3n) is 3.19. The number of ether oxygens (including phenoxy) is 1. The summed E-state index contributed by atoms with van der Waals surface area (Å²) in [5.41, 5.74) is 12.2. The third kappa shape index (κ3) is 3.91. The van der Waals surface area contributed by atoms with Gasteiger partial charge in [0.05, 0.1) is 0 Å². The number of likely N-dealkylation sites (tertiary alicyclic amines) is 1. The summed E-state index contributed by atoms with van der Waals surface area (Å²) in [7, 11) is 0. The van der Waals surface area contributed by atoms with Crippen LogP contribution in [0.15, 0.2) is 24.3 Å². The minimum Gasteiger partial charge on any atom is -0.492 e. The first kappa shape index (κ1) is 12.2. The number of hydrogen-bond acceptors (Lipinski definition) is 4. The van der Waals surface area contributed by atoms with Gasteiger partial charge in [0.15, 0.2) is 0 Å². The van der Waals surface area contributed by atoms with E-state index in [1.165, 1.54) is 0 Å². The molecule has 0 amide bonds. The number of rotatable bonds is 4. The number of nitrogens with two attached hydrogens (primary N) is 2. The Morgan fingerprint density at radius 2 is 1.82 bits per heavy atom. The predicted octanol–water partition coefficient (Wildman–Crippen LogP) is 1.07. The summed E-state index contributed by atoms with van der Waals surface area (Å²) in [6, 6.07) is 7.91. The molecule has 1 aromatic rings. The Hall–Kier alpha value is -1.26. The van der Waals surface area contributed by atoms with E-state index in [-0.39, 0.29) is 0 Å². The van der Waals surface area contributed by atoms with Crippen molar-refractivity contribution in [2.75, 3.05) is 32.0 Å². The molecule has 1 heterocycles. The maximum atomic E-state index is 5.86. The number of nitrogens with zero attached hydrogens (tertiary/aromatic N) is 1. The van der Waals surface area contributed by atoms with Crippen molar-refractivity contribution in [3.63, 3.8) is 0 Å². The van der Waals surface area contributed by atoms with Gasteiger partial charge in [-0.25, -0.2) is 0 Å². The van der Waals surface area contributed by atoms with E-state index >= 15 is 0 Å². The van der Waals surface area contributed by atoms with Crippen LogP contribution in [-0.2, 0) is 0 Å². The smallest absolute Gasteiger partial charge is 0.119 e. The quantitative estimate of drug-likeness (QED) is 0.766. The number of piperidine rings is 1. The summed E-state index contributed by atoms with van der Waals surface area (Å²) >= 11 is 0. The lowest BCUT2D eigenvalue weighted by molar-refractivity contribution is 0.174. The Morgan fingerprint density at radius 1 is 1.18 bits per heavy atom. The zero-order valence-electron chi connectivity index (χ0n) is 10.1. The predicted molar refractivity (Wildman–Crippen MR) is 70.0 cm³/mol. The molecule has 0 spiro atoms. The fourth-order valence-electron chi connectivity index (χ4n) is 2.03. The highest BCUT2D eigenvalue weighted by Gasteiger charge is 2.15. The summed E-state index contributed by atoms with van der Waals surface area (Å²) in [6.45, 7) is 3.87. The van der Waals surface area contributed by atoms with E-state index in [1.807, 2.05) is 24.3 Å². The molecule has 2 rings (SSSR count). The van der Waals surface area contributed by atoms with Gasteiger partial charge in [-0.05, 0) is 50.2 Å². The van der Waals surface area contributed by atoms with E-state index in [4.69, 9.17) is 16.2 Å². The van der Waals surface area contributed by atoms with Crippen LogP contribution in [0.4, 0.5) is 5.69 Å². The van der Waals surface area contributed by atoms with Gasteiger partial charge < -0.3 is 16.2 Å². The number of benzene rings is 1. The van der Waals surface area contributed by atoms with Crippen LogP contribution in [0.5, 0.6) is 5.75 Å². The summed E-state index contributed by atoms with van der Waals surface area (Å²) in [5, 5.41) is 0. The van der Waals surface area contributed by atoms with Gasteiger partial charge in [0.2, 0.25) is 0 Å². The van der Waals surface area contributed by atoms with Crippen LogP contribution in [0.3, 0.4) is 0 Å². The van der Waals surface area contributed by atoms with E-state index in [9.17, 15) is 0 Å². The minimum atomic E-state index is 0.393.